The number of carboxylic acids is 1. The van der Waals surface area contributed by atoms with Gasteiger partial charge in [0.15, 0.2) is 0 Å². The second-order valence-electron chi connectivity index (χ2n) is 7.53. The SMILES string of the molecule is O=C(O)Cn1cc(-c2cnc(NC3Cc4ccccc4C3)nc2)c(-c2ccncc2)n1. The van der Waals surface area contributed by atoms with Crippen molar-refractivity contribution in [1.82, 2.24) is 24.7 Å². The van der Waals surface area contributed by atoms with Gasteiger partial charge in [-0.25, -0.2) is 9.97 Å². The van der Waals surface area contributed by atoms with Gasteiger partial charge in [0.1, 0.15) is 12.2 Å². The highest BCUT2D eigenvalue weighted by molar-refractivity contribution is 5.80. The van der Waals surface area contributed by atoms with Gasteiger partial charge >= 0.3 is 5.97 Å². The standard InChI is InChI=1S/C23H20N6O2/c30-21(31)14-29-13-20(22(28-29)15-5-7-24-8-6-15)18-11-25-23(26-12-18)27-19-9-16-3-1-2-4-17(16)10-19/h1-8,11-13,19H,9-10,14H2,(H,30,31)(H,25,26,27). The summed E-state index contributed by atoms with van der Waals surface area (Å²) in [7, 11) is 0. The van der Waals surface area contributed by atoms with E-state index in [1.54, 1.807) is 31.0 Å². The van der Waals surface area contributed by atoms with Crippen LogP contribution >= 0.6 is 0 Å². The summed E-state index contributed by atoms with van der Waals surface area (Å²) < 4.78 is 1.41. The molecule has 0 amide bonds. The maximum absolute atomic E-state index is 11.1. The minimum absolute atomic E-state index is 0.221. The Morgan fingerprint density at radius 3 is 2.35 bits per heavy atom. The Kier molecular flexibility index (Phi) is 4.87. The lowest BCUT2D eigenvalue weighted by Crippen LogP contribution is -2.20. The molecule has 0 fully saturated rings. The van der Waals surface area contributed by atoms with Crippen molar-refractivity contribution in [2.24, 2.45) is 0 Å². The fraction of sp³-hybridized carbons (Fsp3) is 0.174. The first-order chi connectivity index (χ1) is 15.2. The summed E-state index contributed by atoms with van der Waals surface area (Å²) >= 11 is 0. The molecule has 2 N–H and O–H groups in total. The topological polar surface area (TPSA) is 106 Å². The number of carbonyl (C=O) groups is 1. The molecular weight excluding hydrogens is 392 g/mol. The van der Waals surface area contributed by atoms with Crippen LogP contribution in [-0.4, -0.2) is 41.9 Å². The van der Waals surface area contributed by atoms with Crippen LogP contribution in [0.3, 0.4) is 0 Å². The van der Waals surface area contributed by atoms with Gasteiger partial charge in [-0.15, -0.1) is 0 Å². The first-order valence-corrected chi connectivity index (χ1v) is 10.0. The number of nitrogens with zero attached hydrogens (tertiary/aromatic N) is 5. The molecule has 1 aliphatic carbocycles. The zero-order valence-electron chi connectivity index (χ0n) is 16.6. The Labute approximate surface area is 178 Å². The van der Waals surface area contributed by atoms with E-state index in [4.69, 9.17) is 5.11 Å². The van der Waals surface area contributed by atoms with Crippen LogP contribution in [0.25, 0.3) is 22.4 Å². The summed E-state index contributed by atoms with van der Waals surface area (Å²) in [6.45, 7) is -0.221. The highest BCUT2D eigenvalue weighted by Crippen LogP contribution is 2.30. The number of fused-ring (bicyclic) bond motifs is 1. The molecule has 1 aromatic carbocycles. The predicted octanol–water partition coefficient (Wildman–Crippen LogP) is 3.07. The molecule has 8 heteroatoms. The van der Waals surface area contributed by atoms with Crippen molar-refractivity contribution in [3.05, 3.63) is 78.5 Å². The van der Waals surface area contributed by atoms with Crippen molar-refractivity contribution in [2.45, 2.75) is 25.4 Å². The van der Waals surface area contributed by atoms with E-state index in [0.29, 0.717) is 11.6 Å². The van der Waals surface area contributed by atoms with Crippen LogP contribution in [0.15, 0.2) is 67.4 Å². The Morgan fingerprint density at radius 2 is 1.71 bits per heavy atom. The normalized spacial score (nSPS) is 13.2. The van der Waals surface area contributed by atoms with Gasteiger partial charge in [-0.3, -0.25) is 14.5 Å². The molecule has 3 aromatic heterocycles. The third-order valence-electron chi connectivity index (χ3n) is 5.36. The molecule has 1 aliphatic rings. The first-order valence-electron chi connectivity index (χ1n) is 10.0. The molecule has 0 saturated heterocycles. The van der Waals surface area contributed by atoms with Crippen LogP contribution in [0, 0.1) is 0 Å². The average molecular weight is 412 g/mol. The molecule has 8 nitrogen and oxygen atoms in total. The first kappa shape index (κ1) is 18.9. The van der Waals surface area contributed by atoms with Crippen LogP contribution < -0.4 is 5.32 Å². The van der Waals surface area contributed by atoms with Gasteiger partial charge < -0.3 is 10.4 Å². The number of rotatable bonds is 6. The molecule has 0 radical (unpaired) electrons. The monoisotopic (exact) mass is 412 g/mol. The number of hydrogen-bond donors (Lipinski definition) is 2. The summed E-state index contributed by atoms with van der Waals surface area (Å²) in [5, 5.41) is 17.0. The highest BCUT2D eigenvalue weighted by Gasteiger charge is 2.21. The highest BCUT2D eigenvalue weighted by atomic mass is 16.4. The lowest BCUT2D eigenvalue weighted by Gasteiger charge is -2.12. The van der Waals surface area contributed by atoms with Crippen molar-refractivity contribution in [3.8, 4) is 22.4 Å². The Balaban J connectivity index is 1.39. The second-order valence-corrected chi connectivity index (χ2v) is 7.53. The van der Waals surface area contributed by atoms with E-state index in [1.807, 2.05) is 12.1 Å². The van der Waals surface area contributed by atoms with E-state index in [1.165, 1.54) is 15.8 Å². The van der Waals surface area contributed by atoms with Crippen molar-refractivity contribution in [2.75, 3.05) is 5.32 Å². The second kappa shape index (κ2) is 7.98. The number of nitrogens with one attached hydrogen (secondary N) is 1. The third kappa shape index (κ3) is 4.00. The van der Waals surface area contributed by atoms with Crippen LogP contribution in [0.4, 0.5) is 5.95 Å². The molecule has 0 spiro atoms. The van der Waals surface area contributed by atoms with Gasteiger partial charge in [0.25, 0.3) is 0 Å². The molecule has 4 aromatic rings. The fourth-order valence-corrected chi connectivity index (χ4v) is 3.96. The van der Waals surface area contributed by atoms with E-state index in [-0.39, 0.29) is 12.6 Å². The van der Waals surface area contributed by atoms with Gasteiger partial charge in [-0.05, 0) is 36.1 Å². The molecular formula is C23H20N6O2. The van der Waals surface area contributed by atoms with E-state index in [0.717, 1.165) is 29.5 Å². The summed E-state index contributed by atoms with van der Waals surface area (Å²) in [4.78, 5) is 24.2. The molecule has 31 heavy (non-hydrogen) atoms. The number of hydrogen-bond acceptors (Lipinski definition) is 6. The molecule has 0 unspecified atom stereocenters. The van der Waals surface area contributed by atoms with Gasteiger partial charge in [0.2, 0.25) is 5.95 Å². The van der Waals surface area contributed by atoms with E-state index >= 15 is 0 Å². The Morgan fingerprint density at radius 1 is 1.03 bits per heavy atom. The summed E-state index contributed by atoms with van der Waals surface area (Å²) in [6.07, 6.45) is 10.5. The number of aromatic nitrogens is 5. The summed E-state index contributed by atoms with van der Waals surface area (Å²) in [6, 6.07) is 12.4. The fourth-order valence-electron chi connectivity index (χ4n) is 3.96. The van der Waals surface area contributed by atoms with Gasteiger partial charge in [-0.2, -0.15) is 5.10 Å². The molecule has 5 rings (SSSR count). The van der Waals surface area contributed by atoms with E-state index in [2.05, 4.69) is 49.6 Å². The number of carboxylic acid groups (broad SMARTS) is 1. The number of pyridine rings is 1. The third-order valence-corrected chi connectivity index (χ3v) is 5.36. The zero-order chi connectivity index (χ0) is 21.2. The smallest absolute Gasteiger partial charge is 0.325 e. The predicted molar refractivity (Wildman–Crippen MR) is 115 cm³/mol. The number of benzene rings is 1. The van der Waals surface area contributed by atoms with Crippen LogP contribution in [0.2, 0.25) is 0 Å². The lowest BCUT2D eigenvalue weighted by molar-refractivity contribution is -0.137. The maximum Gasteiger partial charge on any atom is 0.325 e. The largest absolute Gasteiger partial charge is 0.480 e. The molecule has 0 aliphatic heterocycles. The Bertz CT molecular complexity index is 1200. The van der Waals surface area contributed by atoms with Crippen LogP contribution in [0.1, 0.15) is 11.1 Å². The summed E-state index contributed by atoms with van der Waals surface area (Å²) in [5.41, 5.74) is 5.78. The molecule has 0 saturated carbocycles. The van der Waals surface area contributed by atoms with E-state index in [9.17, 15) is 4.79 Å². The lowest BCUT2D eigenvalue weighted by atomic mass is 10.1. The quantitative estimate of drug-likeness (QED) is 0.501. The van der Waals surface area contributed by atoms with Crippen LogP contribution in [-0.2, 0) is 24.2 Å². The van der Waals surface area contributed by atoms with Crippen LogP contribution in [0.5, 0.6) is 0 Å². The average Bonchev–Trinajstić information content (AvgIpc) is 3.38. The maximum atomic E-state index is 11.1. The molecule has 154 valence electrons. The van der Waals surface area contributed by atoms with Crippen molar-refractivity contribution in [1.29, 1.82) is 0 Å². The molecule has 0 atom stereocenters. The molecule has 0 bridgehead atoms. The zero-order valence-corrected chi connectivity index (χ0v) is 16.6. The van der Waals surface area contributed by atoms with Crippen molar-refractivity contribution < 1.29 is 9.90 Å². The van der Waals surface area contributed by atoms with E-state index < -0.39 is 5.97 Å². The summed E-state index contributed by atoms with van der Waals surface area (Å²) in [5.74, 6) is -0.381. The van der Waals surface area contributed by atoms with Crippen molar-refractivity contribution >= 4 is 11.9 Å². The van der Waals surface area contributed by atoms with Crippen molar-refractivity contribution in [3.63, 3.8) is 0 Å². The number of anilines is 1. The number of aliphatic carboxylic acids is 1. The minimum Gasteiger partial charge on any atom is -0.480 e. The molecule has 3 heterocycles. The van der Waals surface area contributed by atoms with Gasteiger partial charge in [-0.1, -0.05) is 24.3 Å². The van der Waals surface area contributed by atoms with Gasteiger partial charge in [0, 0.05) is 53.7 Å². The Hall–Kier alpha value is -4.07. The minimum atomic E-state index is -0.955. The van der Waals surface area contributed by atoms with Gasteiger partial charge in [0.05, 0.1) is 0 Å².